The van der Waals surface area contributed by atoms with Crippen LogP contribution in [0.25, 0.3) is 0 Å². The van der Waals surface area contributed by atoms with Crippen molar-refractivity contribution in [1.82, 2.24) is 10.6 Å². The fraction of sp³-hybridized carbons (Fsp3) is 0.588. The highest BCUT2D eigenvalue weighted by Crippen LogP contribution is 2.29. The maximum absolute atomic E-state index is 12.6. The fourth-order valence-electron chi connectivity index (χ4n) is 2.72. The average Bonchev–Trinajstić information content (AvgIpc) is 2.46. The van der Waals surface area contributed by atoms with Crippen molar-refractivity contribution in [3.63, 3.8) is 0 Å². The minimum Gasteiger partial charge on any atom is -0.355 e. The summed E-state index contributed by atoms with van der Waals surface area (Å²) in [6, 6.07) is 7.99. The number of rotatable bonds is 4. The van der Waals surface area contributed by atoms with Crippen LogP contribution < -0.4 is 10.6 Å². The van der Waals surface area contributed by atoms with Crippen LogP contribution in [0.4, 0.5) is 0 Å². The molecule has 3 nitrogen and oxygen atoms in total. The molecule has 2 N–H and O–H groups in total. The number of amides is 1. The van der Waals surface area contributed by atoms with Gasteiger partial charge in [0.1, 0.15) is 0 Å². The molecule has 124 valence electrons. The second-order valence-corrected chi connectivity index (χ2v) is 7.79. The van der Waals surface area contributed by atoms with Gasteiger partial charge in [-0.25, -0.2) is 0 Å². The van der Waals surface area contributed by atoms with Crippen LogP contribution in [0.15, 0.2) is 28.7 Å². The molecule has 1 aliphatic heterocycles. The van der Waals surface area contributed by atoms with Crippen LogP contribution in [0.1, 0.15) is 39.2 Å². The predicted octanol–water partition coefficient (Wildman–Crippen LogP) is 3.65. The Balaban J connectivity index is 0.00000242. The van der Waals surface area contributed by atoms with Gasteiger partial charge in [-0.3, -0.25) is 4.79 Å². The van der Waals surface area contributed by atoms with Gasteiger partial charge in [0, 0.05) is 11.0 Å². The van der Waals surface area contributed by atoms with Crippen LogP contribution in [-0.2, 0) is 10.2 Å². The molecule has 0 saturated carbocycles. The highest BCUT2D eigenvalue weighted by Gasteiger charge is 2.32. The molecular formula is C17H26BrClN2O. The van der Waals surface area contributed by atoms with E-state index in [2.05, 4.69) is 33.5 Å². The zero-order chi connectivity index (χ0) is 15.5. The maximum atomic E-state index is 12.6. The van der Waals surface area contributed by atoms with Crippen molar-refractivity contribution in [2.24, 2.45) is 5.41 Å². The molecule has 1 fully saturated rings. The van der Waals surface area contributed by atoms with E-state index in [1.165, 1.54) is 0 Å². The zero-order valence-corrected chi connectivity index (χ0v) is 15.9. The van der Waals surface area contributed by atoms with Crippen molar-refractivity contribution < 1.29 is 4.79 Å². The van der Waals surface area contributed by atoms with E-state index in [9.17, 15) is 4.79 Å². The van der Waals surface area contributed by atoms with Gasteiger partial charge in [0.15, 0.2) is 0 Å². The lowest BCUT2D eigenvalue weighted by Gasteiger charge is -2.35. The Morgan fingerprint density at radius 1 is 1.27 bits per heavy atom. The fourth-order valence-corrected chi connectivity index (χ4v) is 2.98. The summed E-state index contributed by atoms with van der Waals surface area (Å²) in [5.41, 5.74) is 0.749. The first-order valence-corrected chi connectivity index (χ1v) is 8.38. The van der Waals surface area contributed by atoms with Gasteiger partial charge < -0.3 is 10.6 Å². The second kappa shape index (κ2) is 7.80. The molecule has 0 aliphatic carbocycles. The summed E-state index contributed by atoms with van der Waals surface area (Å²) in [6.45, 7) is 9.08. The first kappa shape index (κ1) is 19.5. The summed E-state index contributed by atoms with van der Waals surface area (Å²) < 4.78 is 1.03. The van der Waals surface area contributed by atoms with Crippen LogP contribution in [0, 0.1) is 5.41 Å². The molecule has 22 heavy (non-hydrogen) atoms. The normalized spacial score (nSPS) is 17.5. The zero-order valence-electron chi connectivity index (χ0n) is 13.5. The Labute approximate surface area is 148 Å². The number of hydrogen-bond donors (Lipinski definition) is 2. The topological polar surface area (TPSA) is 41.1 Å². The molecule has 1 aromatic rings. The summed E-state index contributed by atoms with van der Waals surface area (Å²) in [6.07, 6.45) is 2.23. The number of carbonyl (C=O) groups is 1. The third-order valence-electron chi connectivity index (χ3n) is 4.62. The lowest BCUT2D eigenvalue weighted by Crippen LogP contribution is -2.47. The van der Waals surface area contributed by atoms with Crippen LogP contribution in [0.5, 0.6) is 0 Å². The molecule has 0 atom stereocenters. The lowest BCUT2D eigenvalue weighted by molar-refractivity contribution is -0.126. The first-order chi connectivity index (χ1) is 9.83. The Hall–Kier alpha value is -0.580. The maximum Gasteiger partial charge on any atom is 0.230 e. The molecule has 0 radical (unpaired) electrons. The van der Waals surface area contributed by atoms with Gasteiger partial charge in [-0.15, -0.1) is 12.4 Å². The van der Waals surface area contributed by atoms with Crippen molar-refractivity contribution in [2.75, 3.05) is 19.6 Å². The largest absolute Gasteiger partial charge is 0.355 e. The lowest BCUT2D eigenvalue weighted by atomic mass is 9.79. The van der Waals surface area contributed by atoms with Gasteiger partial charge in [-0.2, -0.15) is 0 Å². The van der Waals surface area contributed by atoms with Gasteiger partial charge in [-0.05, 0) is 62.9 Å². The van der Waals surface area contributed by atoms with Gasteiger partial charge in [-0.1, -0.05) is 35.0 Å². The minimum atomic E-state index is -0.510. The molecule has 1 aromatic carbocycles. The summed E-state index contributed by atoms with van der Waals surface area (Å²) in [5, 5.41) is 6.54. The molecule has 1 aliphatic rings. The minimum absolute atomic E-state index is 0. The van der Waals surface area contributed by atoms with Crippen molar-refractivity contribution in [3.05, 3.63) is 34.3 Å². The molecule has 1 heterocycles. The Kier molecular flexibility index (Phi) is 6.90. The van der Waals surface area contributed by atoms with E-state index >= 15 is 0 Å². The van der Waals surface area contributed by atoms with Crippen molar-refractivity contribution in [3.8, 4) is 0 Å². The van der Waals surface area contributed by atoms with Crippen LogP contribution in [0.2, 0.25) is 0 Å². The van der Waals surface area contributed by atoms with E-state index in [0.717, 1.165) is 42.5 Å². The van der Waals surface area contributed by atoms with Gasteiger partial charge in [0.2, 0.25) is 5.91 Å². The third kappa shape index (κ3) is 4.71. The second-order valence-electron chi connectivity index (χ2n) is 6.88. The average molecular weight is 390 g/mol. The van der Waals surface area contributed by atoms with Crippen molar-refractivity contribution in [2.45, 2.75) is 39.0 Å². The monoisotopic (exact) mass is 388 g/mol. The Bertz CT molecular complexity index is 496. The smallest absolute Gasteiger partial charge is 0.230 e. The molecule has 2 rings (SSSR count). The SMILES string of the molecule is CC1(CNC(=O)C(C)(C)c2ccc(Br)cc2)CCNCC1.Cl. The number of nitrogens with one attached hydrogen (secondary N) is 2. The van der Waals surface area contributed by atoms with Gasteiger partial charge in [0.25, 0.3) is 0 Å². The molecule has 0 bridgehead atoms. The van der Waals surface area contributed by atoms with Gasteiger partial charge in [0.05, 0.1) is 5.41 Å². The van der Waals surface area contributed by atoms with E-state index in [4.69, 9.17) is 0 Å². The van der Waals surface area contributed by atoms with E-state index in [1.807, 2.05) is 38.1 Å². The first-order valence-electron chi connectivity index (χ1n) is 7.59. The molecule has 0 aromatic heterocycles. The summed E-state index contributed by atoms with van der Waals surface area (Å²) in [4.78, 5) is 12.6. The summed E-state index contributed by atoms with van der Waals surface area (Å²) in [7, 11) is 0. The quantitative estimate of drug-likeness (QED) is 0.825. The molecule has 5 heteroatoms. The number of halogens is 2. The molecule has 0 unspecified atom stereocenters. The van der Waals surface area contributed by atoms with E-state index in [0.29, 0.717) is 0 Å². The molecule has 1 amide bonds. The van der Waals surface area contributed by atoms with E-state index in [-0.39, 0.29) is 23.7 Å². The molecule has 0 spiro atoms. The van der Waals surface area contributed by atoms with Crippen LogP contribution in [0.3, 0.4) is 0 Å². The molecule has 1 saturated heterocycles. The van der Waals surface area contributed by atoms with Crippen LogP contribution in [-0.4, -0.2) is 25.5 Å². The van der Waals surface area contributed by atoms with E-state index in [1.54, 1.807) is 0 Å². The summed E-state index contributed by atoms with van der Waals surface area (Å²) in [5.74, 6) is 0.101. The highest BCUT2D eigenvalue weighted by atomic mass is 79.9. The van der Waals surface area contributed by atoms with E-state index < -0.39 is 5.41 Å². The Morgan fingerprint density at radius 2 is 1.82 bits per heavy atom. The third-order valence-corrected chi connectivity index (χ3v) is 5.15. The molecular weight excluding hydrogens is 364 g/mol. The summed E-state index contributed by atoms with van der Waals surface area (Å²) >= 11 is 3.43. The number of benzene rings is 1. The Morgan fingerprint density at radius 3 is 2.36 bits per heavy atom. The number of hydrogen-bond acceptors (Lipinski definition) is 2. The standard InChI is InChI=1S/C17H25BrN2O.ClH/c1-16(2,13-4-6-14(18)7-5-13)15(21)20-12-17(3)8-10-19-11-9-17;/h4-7,19H,8-12H2,1-3H3,(H,20,21);1H. The highest BCUT2D eigenvalue weighted by molar-refractivity contribution is 9.10. The van der Waals surface area contributed by atoms with Crippen molar-refractivity contribution >= 4 is 34.2 Å². The number of carbonyl (C=O) groups excluding carboxylic acids is 1. The number of piperidine rings is 1. The van der Waals surface area contributed by atoms with Crippen molar-refractivity contribution in [1.29, 1.82) is 0 Å². The predicted molar refractivity (Wildman–Crippen MR) is 97.6 cm³/mol. The van der Waals surface area contributed by atoms with Crippen LogP contribution >= 0.6 is 28.3 Å². The van der Waals surface area contributed by atoms with Gasteiger partial charge >= 0.3 is 0 Å².